The van der Waals surface area contributed by atoms with Gasteiger partial charge in [-0.2, -0.15) is 0 Å². The van der Waals surface area contributed by atoms with Crippen molar-refractivity contribution >= 4 is 13.7 Å². The molecule has 128 valence electrons. The molecule has 1 aliphatic rings. The second kappa shape index (κ2) is 6.45. The molecule has 1 aliphatic heterocycles. The Morgan fingerprint density at radius 3 is 2.65 bits per heavy atom. The minimum absolute atomic E-state index is 0.590. The van der Waals surface area contributed by atoms with Crippen molar-refractivity contribution in [2.24, 2.45) is 5.73 Å². The summed E-state index contributed by atoms with van der Waals surface area (Å²) in [6.45, 7) is -0.721. The fourth-order valence-electron chi connectivity index (χ4n) is 2.06. The third-order valence-corrected chi connectivity index (χ3v) is 3.61. The van der Waals surface area contributed by atoms with E-state index in [9.17, 15) is 24.4 Å². The van der Waals surface area contributed by atoms with Crippen molar-refractivity contribution in [3.63, 3.8) is 0 Å². The molecule has 1 aromatic heterocycles. The third kappa shape index (κ3) is 3.82. The lowest BCUT2D eigenvalue weighted by Gasteiger charge is -2.17. The zero-order valence-electron chi connectivity index (χ0n) is 11.4. The van der Waals surface area contributed by atoms with Gasteiger partial charge in [-0.15, -0.1) is 0 Å². The van der Waals surface area contributed by atoms with E-state index in [0.717, 1.165) is 17.0 Å². The van der Waals surface area contributed by atoms with Crippen LogP contribution in [0.1, 0.15) is 16.7 Å². The number of ether oxygens (including phenoxy) is 1. The maximum atomic E-state index is 12.0. The number of primary amides is 1. The summed E-state index contributed by atoms with van der Waals surface area (Å²) in [7, 11) is -4.80. The first-order valence-electron chi connectivity index (χ1n) is 6.20. The predicted octanol–water partition coefficient (Wildman–Crippen LogP) is -2.93. The summed E-state index contributed by atoms with van der Waals surface area (Å²) in [6, 6.07) is 0. The van der Waals surface area contributed by atoms with Gasteiger partial charge < -0.3 is 30.5 Å². The maximum absolute atomic E-state index is 12.0. The van der Waals surface area contributed by atoms with Crippen molar-refractivity contribution in [3.8, 4) is 0 Å². The van der Waals surface area contributed by atoms with Gasteiger partial charge in [-0.1, -0.05) is 0 Å². The highest BCUT2D eigenvalue weighted by Crippen LogP contribution is 2.38. The number of amides is 1. The summed E-state index contributed by atoms with van der Waals surface area (Å²) in [5.74, 6) is -1.08. The second-order valence-corrected chi connectivity index (χ2v) is 5.92. The molecule has 6 N–H and O–H groups in total. The van der Waals surface area contributed by atoms with Gasteiger partial charge in [0.05, 0.1) is 6.61 Å². The zero-order chi connectivity index (χ0) is 17.4. The number of rotatable bonds is 5. The Bertz CT molecular complexity index is 701. The van der Waals surface area contributed by atoms with E-state index in [1.165, 1.54) is 0 Å². The molecule has 2 heterocycles. The lowest BCUT2D eigenvalue weighted by atomic mass is 10.1. The van der Waals surface area contributed by atoms with E-state index in [1.807, 2.05) is 0 Å². The minimum atomic E-state index is -4.80. The molecule has 13 heteroatoms. The quantitative estimate of drug-likeness (QED) is 0.343. The number of aliphatic hydroxyl groups is 2. The van der Waals surface area contributed by atoms with Crippen LogP contribution < -0.4 is 11.3 Å². The Balaban J connectivity index is 2.25. The molecule has 23 heavy (non-hydrogen) atoms. The van der Waals surface area contributed by atoms with Gasteiger partial charge in [0, 0.05) is 12.4 Å². The molecule has 0 aliphatic carbocycles. The number of nitrogens with zero attached hydrogens (tertiary/aromatic N) is 2. The van der Waals surface area contributed by atoms with Crippen LogP contribution in [-0.4, -0.2) is 60.4 Å². The van der Waals surface area contributed by atoms with Crippen molar-refractivity contribution in [2.45, 2.75) is 24.5 Å². The first kappa shape index (κ1) is 17.7. The lowest BCUT2D eigenvalue weighted by Crippen LogP contribution is -2.38. The topological polar surface area (TPSA) is 194 Å². The highest BCUT2D eigenvalue weighted by atomic mass is 31.2. The van der Waals surface area contributed by atoms with Gasteiger partial charge in [0.2, 0.25) is 0 Å². The van der Waals surface area contributed by atoms with Gasteiger partial charge in [0.25, 0.3) is 11.5 Å². The molecular formula is C10H14N3O9P. The van der Waals surface area contributed by atoms with E-state index in [2.05, 4.69) is 9.51 Å². The van der Waals surface area contributed by atoms with E-state index < -0.39 is 56.1 Å². The average Bonchev–Trinajstić information content (AvgIpc) is 2.72. The van der Waals surface area contributed by atoms with Gasteiger partial charge in [0.1, 0.15) is 18.3 Å². The van der Waals surface area contributed by atoms with Crippen LogP contribution in [0.3, 0.4) is 0 Å². The van der Waals surface area contributed by atoms with Crippen molar-refractivity contribution in [2.75, 3.05) is 6.61 Å². The predicted molar refractivity (Wildman–Crippen MR) is 70.9 cm³/mol. The molecule has 0 aromatic carbocycles. The first-order chi connectivity index (χ1) is 10.6. The van der Waals surface area contributed by atoms with Crippen molar-refractivity contribution in [3.05, 3.63) is 28.4 Å². The molecule has 0 unspecified atom stereocenters. The maximum Gasteiger partial charge on any atom is 0.469 e. The standard InChI is InChI=1S/C10H14N3O9P/c11-8(16)5-9(17)13(2-1-12-5)10-7(15)6(14)4(22-10)3-21-23(18,19)20/h1-2,4,6-7,10,14-15H,3H2,(H2,11,16)(H2,18,19,20)/t4-,6-,7+,10-/m1/s1. The molecule has 0 radical (unpaired) electrons. The number of phosphoric ester groups is 1. The molecule has 0 spiro atoms. The van der Waals surface area contributed by atoms with E-state index in [4.69, 9.17) is 20.3 Å². The van der Waals surface area contributed by atoms with Crippen LogP contribution in [0.5, 0.6) is 0 Å². The van der Waals surface area contributed by atoms with Crippen LogP contribution >= 0.6 is 7.82 Å². The minimum Gasteiger partial charge on any atom is -0.387 e. The number of hydrogen-bond acceptors (Lipinski definition) is 8. The molecule has 1 saturated heterocycles. The number of aliphatic hydroxyl groups excluding tert-OH is 2. The Morgan fingerprint density at radius 1 is 1.43 bits per heavy atom. The normalized spacial score (nSPS) is 28.0. The number of carbonyl (C=O) groups excluding carboxylic acids is 1. The van der Waals surface area contributed by atoms with Crippen molar-refractivity contribution in [1.29, 1.82) is 0 Å². The zero-order valence-corrected chi connectivity index (χ0v) is 12.3. The Morgan fingerprint density at radius 2 is 2.09 bits per heavy atom. The molecule has 2 rings (SSSR count). The van der Waals surface area contributed by atoms with Crippen LogP contribution in [0.2, 0.25) is 0 Å². The number of nitrogens with two attached hydrogens (primary N) is 1. The summed E-state index contributed by atoms with van der Waals surface area (Å²) >= 11 is 0. The summed E-state index contributed by atoms with van der Waals surface area (Å²) in [4.78, 5) is 43.9. The fourth-order valence-corrected chi connectivity index (χ4v) is 2.40. The molecule has 0 saturated carbocycles. The smallest absolute Gasteiger partial charge is 0.387 e. The van der Waals surface area contributed by atoms with Crippen LogP contribution in [0, 0.1) is 0 Å². The first-order valence-corrected chi connectivity index (χ1v) is 7.73. The van der Waals surface area contributed by atoms with Crippen LogP contribution in [0.4, 0.5) is 0 Å². The molecule has 0 bridgehead atoms. The van der Waals surface area contributed by atoms with E-state index in [1.54, 1.807) is 0 Å². The monoisotopic (exact) mass is 351 g/mol. The van der Waals surface area contributed by atoms with Gasteiger partial charge in [-0.3, -0.25) is 18.7 Å². The molecule has 1 amide bonds. The SMILES string of the molecule is NC(=O)c1nccn([C@@H]2O[C@H](COP(=O)(O)O)[C@@H](O)[C@@H]2O)c1=O. The van der Waals surface area contributed by atoms with Gasteiger partial charge >= 0.3 is 7.82 Å². The number of aromatic nitrogens is 2. The number of carbonyl (C=O) groups is 1. The van der Waals surface area contributed by atoms with Gasteiger partial charge in [0.15, 0.2) is 11.9 Å². The molecule has 12 nitrogen and oxygen atoms in total. The average molecular weight is 351 g/mol. The summed E-state index contributed by atoms with van der Waals surface area (Å²) in [5.41, 5.74) is 3.45. The van der Waals surface area contributed by atoms with Crippen molar-refractivity contribution in [1.82, 2.24) is 9.55 Å². The molecule has 4 atom stereocenters. The van der Waals surface area contributed by atoms with Crippen molar-refractivity contribution < 1.29 is 38.6 Å². The Kier molecular flexibility index (Phi) is 4.96. The third-order valence-electron chi connectivity index (χ3n) is 3.12. The number of phosphoric acid groups is 1. The van der Waals surface area contributed by atoms with E-state index in [-0.39, 0.29) is 0 Å². The molecule has 1 aromatic rings. The number of hydrogen-bond donors (Lipinski definition) is 5. The van der Waals surface area contributed by atoms with E-state index in [0.29, 0.717) is 0 Å². The van der Waals surface area contributed by atoms with E-state index >= 15 is 0 Å². The fraction of sp³-hybridized carbons (Fsp3) is 0.500. The van der Waals surface area contributed by atoms with Gasteiger partial charge in [-0.05, 0) is 0 Å². The van der Waals surface area contributed by atoms with Crippen LogP contribution in [-0.2, 0) is 13.8 Å². The molecule has 1 fully saturated rings. The Hall–Kier alpha value is -1.66. The van der Waals surface area contributed by atoms with Crippen LogP contribution in [0.25, 0.3) is 0 Å². The molecular weight excluding hydrogens is 337 g/mol. The van der Waals surface area contributed by atoms with Crippen LogP contribution in [0.15, 0.2) is 17.2 Å². The summed E-state index contributed by atoms with van der Waals surface area (Å²) < 4.78 is 20.9. The highest BCUT2D eigenvalue weighted by molar-refractivity contribution is 7.46. The highest BCUT2D eigenvalue weighted by Gasteiger charge is 2.45. The second-order valence-electron chi connectivity index (χ2n) is 4.69. The summed E-state index contributed by atoms with van der Waals surface area (Å²) in [6.07, 6.45) is -3.74. The Labute approximate surface area is 128 Å². The largest absolute Gasteiger partial charge is 0.469 e. The summed E-state index contributed by atoms with van der Waals surface area (Å²) in [5, 5.41) is 19.8. The van der Waals surface area contributed by atoms with Gasteiger partial charge in [-0.25, -0.2) is 9.55 Å². The lowest BCUT2D eigenvalue weighted by molar-refractivity contribution is -0.0538.